The van der Waals surface area contributed by atoms with Crippen LogP contribution in [0.1, 0.15) is 5.69 Å². The lowest BCUT2D eigenvalue weighted by Crippen LogP contribution is -2.03. The van der Waals surface area contributed by atoms with E-state index in [0.29, 0.717) is 20.8 Å². The first-order chi connectivity index (χ1) is 6.50. The minimum atomic E-state index is -3.22. The smallest absolute Gasteiger partial charge is 0.178 e. The second kappa shape index (κ2) is 2.99. The molecule has 0 aliphatic rings. The van der Waals surface area contributed by atoms with E-state index in [4.69, 9.17) is 0 Å². The van der Waals surface area contributed by atoms with Gasteiger partial charge in [-0.1, -0.05) is 0 Å². The Morgan fingerprint density at radius 1 is 1.36 bits per heavy atom. The van der Waals surface area contributed by atoms with Crippen LogP contribution in [0.4, 0.5) is 0 Å². The molecule has 4 nitrogen and oxygen atoms in total. The molecule has 0 aliphatic carbocycles. The SMILES string of the molecule is Cc1nnc2ccsc2c1S(C)(=O)=O. The molecular weight excluding hydrogens is 220 g/mol. The summed E-state index contributed by atoms with van der Waals surface area (Å²) in [5.41, 5.74) is 1.10. The van der Waals surface area contributed by atoms with Gasteiger partial charge in [-0.2, -0.15) is 5.10 Å². The van der Waals surface area contributed by atoms with Crippen LogP contribution >= 0.6 is 11.3 Å². The van der Waals surface area contributed by atoms with Gasteiger partial charge in [-0.05, 0) is 18.4 Å². The fourth-order valence-corrected chi connectivity index (χ4v) is 3.76. The van der Waals surface area contributed by atoms with Crippen LogP contribution in [-0.4, -0.2) is 24.9 Å². The molecule has 2 aromatic heterocycles. The number of thiophene rings is 1. The van der Waals surface area contributed by atoms with E-state index in [1.165, 1.54) is 17.6 Å². The standard InChI is InChI=1S/C8H8N2O2S2/c1-5-8(14(2,11)12)7-6(10-9-5)3-4-13-7/h3-4H,1-2H3. The maximum atomic E-state index is 11.5. The molecule has 0 radical (unpaired) electrons. The van der Waals surface area contributed by atoms with E-state index in [-0.39, 0.29) is 0 Å². The van der Waals surface area contributed by atoms with Gasteiger partial charge < -0.3 is 0 Å². The lowest BCUT2D eigenvalue weighted by atomic mass is 10.4. The fourth-order valence-electron chi connectivity index (χ4n) is 1.33. The van der Waals surface area contributed by atoms with Crippen LogP contribution in [0.25, 0.3) is 10.2 Å². The Hall–Kier alpha value is -1.01. The van der Waals surface area contributed by atoms with Gasteiger partial charge in [-0.15, -0.1) is 16.4 Å². The Kier molecular flexibility index (Phi) is 2.04. The molecule has 0 aliphatic heterocycles. The van der Waals surface area contributed by atoms with E-state index in [2.05, 4.69) is 10.2 Å². The summed E-state index contributed by atoms with van der Waals surface area (Å²) in [6, 6.07) is 1.76. The number of fused-ring (bicyclic) bond motifs is 1. The van der Waals surface area contributed by atoms with E-state index < -0.39 is 9.84 Å². The summed E-state index contributed by atoms with van der Waals surface area (Å²) in [6.07, 6.45) is 1.19. The number of aromatic nitrogens is 2. The Balaban J connectivity index is 2.98. The van der Waals surface area contributed by atoms with Gasteiger partial charge in [0.05, 0.1) is 10.4 Å². The van der Waals surface area contributed by atoms with E-state index in [1.54, 1.807) is 13.0 Å². The maximum Gasteiger partial charge on any atom is 0.178 e. The molecule has 0 saturated carbocycles. The summed E-state index contributed by atoms with van der Waals surface area (Å²) in [4.78, 5) is 0.303. The first-order valence-electron chi connectivity index (χ1n) is 3.90. The van der Waals surface area contributed by atoms with Crippen molar-refractivity contribution < 1.29 is 8.42 Å². The quantitative estimate of drug-likeness (QED) is 0.740. The van der Waals surface area contributed by atoms with Crippen LogP contribution in [0, 0.1) is 6.92 Å². The van der Waals surface area contributed by atoms with Crippen molar-refractivity contribution in [3.05, 3.63) is 17.1 Å². The molecule has 14 heavy (non-hydrogen) atoms. The second-order valence-corrected chi connectivity index (χ2v) is 5.89. The number of sulfone groups is 1. The van der Waals surface area contributed by atoms with Gasteiger partial charge >= 0.3 is 0 Å². The highest BCUT2D eigenvalue weighted by Crippen LogP contribution is 2.27. The van der Waals surface area contributed by atoms with Gasteiger partial charge in [0.25, 0.3) is 0 Å². The molecule has 0 atom stereocenters. The van der Waals surface area contributed by atoms with Gasteiger partial charge in [-0.3, -0.25) is 0 Å². The Morgan fingerprint density at radius 2 is 2.07 bits per heavy atom. The van der Waals surface area contributed by atoms with Crippen molar-refractivity contribution in [2.45, 2.75) is 11.8 Å². The van der Waals surface area contributed by atoms with Crippen LogP contribution in [-0.2, 0) is 9.84 Å². The number of nitrogens with zero attached hydrogens (tertiary/aromatic N) is 2. The molecule has 0 saturated heterocycles. The summed E-state index contributed by atoms with van der Waals surface area (Å²) >= 11 is 1.37. The zero-order valence-electron chi connectivity index (χ0n) is 7.68. The lowest BCUT2D eigenvalue weighted by Gasteiger charge is -2.02. The zero-order valence-corrected chi connectivity index (χ0v) is 9.32. The van der Waals surface area contributed by atoms with Crippen LogP contribution in [0.5, 0.6) is 0 Å². The Bertz CT molecular complexity index is 586. The predicted octanol–water partition coefficient (Wildman–Crippen LogP) is 1.40. The van der Waals surface area contributed by atoms with Crippen molar-refractivity contribution in [1.29, 1.82) is 0 Å². The highest BCUT2D eigenvalue weighted by atomic mass is 32.2. The highest BCUT2D eigenvalue weighted by Gasteiger charge is 2.17. The third kappa shape index (κ3) is 1.40. The minimum Gasteiger partial charge on any atom is -0.224 e. The van der Waals surface area contributed by atoms with E-state index in [0.717, 1.165) is 0 Å². The van der Waals surface area contributed by atoms with Crippen LogP contribution in [0.3, 0.4) is 0 Å². The van der Waals surface area contributed by atoms with Gasteiger partial charge in [0.1, 0.15) is 10.4 Å². The molecule has 0 spiro atoms. The molecular formula is C8H8N2O2S2. The summed E-state index contributed by atoms with van der Waals surface area (Å²) in [7, 11) is -3.22. The molecule has 2 aromatic rings. The molecule has 2 rings (SSSR count). The number of aryl methyl sites for hydroxylation is 1. The number of hydrogen-bond donors (Lipinski definition) is 0. The van der Waals surface area contributed by atoms with Crippen molar-refractivity contribution in [3.8, 4) is 0 Å². The number of hydrogen-bond acceptors (Lipinski definition) is 5. The highest BCUT2D eigenvalue weighted by molar-refractivity contribution is 7.91. The minimum absolute atomic E-state index is 0.303. The largest absolute Gasteiger partial charge is 0.224 e. The summed E-state index contributed by atoms with van der Waals surface area (Å²) in [5.74, 6) is 0. The second-order valence-electron chi connectivity index (χ2n) is 3.02. The molecule has 0 aromatic carbocycles. The third-order valence-electron chi connectivity index (χ3n) is 1.86. The molecule has 0 unspecified atom stereocenters. The van der Waals surface area contributed by atoms with Crippen LogP contribution < -0.4 is 0 Å². The monoisotopic (exact) mass is 228 g/mol. The first-order valence-corrected chi connectivity index (χ1v) is 6.68. The van der Waals surface area contributed by atoms with Gasteiger partial charge in [0, 0.05) is 6.26 Å². The third-order valence-corrected chi connectivity index (χ3v) is 4.15. The topological polar surface area (TPSA) is 59.9 Å². The Labute approximate surface area is 85.5 Å². The van der Waals surface area contributed by atoms with Crippen LogP contribution in [0.2, 0.25) is 0 Å². The summed E-state index contributed by atoms with van der Waals surface area (Å²) < 4.78 is 23.7. The van der Waals surface area contributed by atoms with Crippen molar-refractivity contribution in [3.63, 3.8) is 0 Å². The first kappa shape index (κ1) is 9.54. The number of rotatable bonds is 1. The average Bonchev–Trinajstić information content (AvgIpc) is 2.48. The molecule has 2 heterocycles. The van der Waals surface area contributed by atoms with Crippen molar-refractivity contribution in [2.75, 3.05) is 6.26 Å². The fraction of sp³-hybridized carbons (Fsp3) is 0.250. The normalized spacial score (nSPS) is 12.1. The average molecular weight is 228 g/mol. The van der Waals surface area contributed by atoms with Crippen molar-refractivity contribution >= 4 is 31.4 Å². The molecule has 74 valence electrons. The maximum absolute atomic E-state index is 11.5. The van der Waals surface area contributed by atoms with E-state index >= 15 is 0 Å². The Morgan fingerprint density at radius 3 is 2.71 bits per heavy atom. The molecule has 0 N–H and O–H groups in total. The molecule has 0 fully saturated rings. The van der Waals surface area contributed by atoms with Gasteiger partial charge in [0.2, 0.25) is 0 Å². The molecule has 6 heteroatoms. The van der Waals surface area contributed by atoms with Gasteiger partial charge in [0.15, 0.2) is 9.84 Å². The predicted molar refractivity (Wildman–Crippen MR) is 55.3 cm³/mol. The van der Waals surface area contributed by atoms with Crippen LogP contribution in [0.15, 0.2) is 16.3 Å². The lowest BCUT2D eigenvalue weighted by molar-refractivity contribution is 0.601. The molecule has 0 amide bonds. The van der Waals surface area contributed by atoms with Crippen molar-refractivity contribution in [2.24, 2.45) is 0 Å². The summed E-state index contributed by atoms with van der Waals surface area (Å²) in [5, 5.41) is 9.55. The van der Waals surface area contributed by atoms with E-state index in [9.17, 15) is 8.42 Å². The summed E-state index contributed by atoms with van der Waals surface area (Å²) in [6.45, 7) is 1.66. The zero-order chi connectivity index (χ0) is 10.3. The van der Waals surface area contributed by atoms with Crippen molar-refractivity contribution in [1.82, 2.24) is 10.2 Å². The van der Waals surface area contributed by atoms with E-state index in [1.807, 2.05) is 5.38 Å². The molecule has 0 bridgehead atoms. The van der Waals surface area contributed by atoms with Gasteiger partial charge in [-0.25, -0.2) is 8.42 Å².